The molecular weight excluding hydrogens is 301 g/mol. The molecule has 1 aromatic rings. The van der Waals surface area contributed by atoms with Gasteiger partial charge in [0.25, 0.3) is 0 Å². The molecule has 3 heteroatoms. The van der Waals surface area contributed by atoms with Crippen LogP contribution in [0.2, 0.25) is 0 Å². The summed E-state index contributed by atoms with van der Waals surface area (Å²) in [5.74, 6) is 1.04. The molecule has 0 atom stereocenters. The molecule has 0 spiro atoms. The monoisotopic (exact) mass is 319 g/mol. The van der Waals surface area contributed by atoms with Crippen LogP contribution < -0.4 is 5.32 Å². The highest BCUT2D eigenvalue weighted by Gasteiger charge is 2.27. The molecule has 1 fully saturated rings. The molecule has 0 amide bonds. The SMILES string of the molecule is CC1(CNCc2ccc(I)o2)CCCC1. The van der Waals surface area contributed by atoms with Crippen LogP contribution in [0.3, 0.4) is 0 Å². The van der Waals surface area contributed by atoms with Crippen LogP contribution in [0.1, 0.15) is 38.4 Å². The highest BCUT2D eigenvalue weighted by Crippen LogP contribution is 2.36. The fraction of sp³-hybridized carbons (Fsp3) is 0.667. The molecule has 1 heterocycles. The maximum atomic E-state index is 5.51. The molecule has 1 aliphatic rings. The fourth-order valence-electron chi connectivity index (χ4n) is 2.34. The van der Waals surface area contributed by atoms with Crippen molar-refractivity contribution in [3.05, 3.63) is 21.7 Å². The Hall–Kier alpha value is -0.0300. The highest BCUT2D eigenvalue weighted by molar-refractivity contribution is 14.1. The summed E-state index contributed by atoms with van der Waals surface area (Å²) in [5, 5.41) is 3.50. The van der Waals surface area contributed by atoms with E-state index < -0.39 is 0 Å². The second-order valence-corrected chi connectivity index (χ2v) is 5.89. The van der Waals surface area contributed by atoms with Crippen molar-refractivity contribution in [2.24, 2.45) is 5.41 Å². The summed E-state index contributed by atoms with van der Waals surface area (Å²) in [4.78, 5) is 0. The van der Waals surface area contributed by atoms with Crippen LogP contribution >= 0.6 is 22.6 Å². The van der Waals surface area contributed by atoms with Crippen molar-refractivity contribution in [2.45, 2.75) is 39.2 Å². The number of nitrogens with one attached hydrogen (secondary N) is 1. The van der Waals surface area contributed by atoms with Crippen LogP contribution in [-0.4, -0.2) is 6.54 Å². The molecule has 15 heavy (non-hydrogen) atoms. The molecule has 0 saturated heterocycles. The lowest BCUT2D eigenvalue weighted by Crippen LogP contribution is -2.28. The first kappa shape index (κ1) is 11.5. The molecule has 2 nitrogen and oxygen atoms in total. The van der Waals surface area contributed by atoms with E-state index in [1.54, 1.807) is 0 Å². The number of rotatable bonds is 4. The van der Waals surface area contributed by atoms with E-state index in [1.807, 2.05) is 12.1 Å². The van der Waals surface area contributed by atoms with Crippen LogP contribution in [0, 0.1) is 9.18 Å². The normalized spacial score (nSPS) is 19.6. The van der Waals surface area contributed by atoms with Gasteiger partial charge in [-0.2, -0.15) is 0 Å². The molecule has 2 rings (SSSR count). The lowest BCUT2D eigenvalue weighted by atomic mass is 9.89. The van der Waals surface area contributed by atoms with Crippen molar-refractivity contribution in [1.29, 1.82) is 0 Å². The number of furan rings is 1. The number of hydrogen-bond donors (Lipinski definition) is 1. The first-order valence-electron chi connectivity index (χ1n) is 5.63. The van der Waals surface area contributed by atoms with E-state index in [0.29, 0.717) is 5.41 Å². The minimum atomic E-state index is 0.528. The third-order valence-electron chi connectivity index (χ3n) is 3.29. The molecule has 84 valence electrons. The van der Waals surface area contributed by atoms with E-state index in [2.05, 4.69) is 34.8 Å². The molecule has 0 aliphatic heterocycles. The summed E-state index contributed by atoms with van der Waals surface area (Å²) in [7, 11) is 0. The van der Waals surface area contributed by atoms with Crippen molar-refractivity contribution in [3.63, 3.8) is 0 Å². The molecule has 1 aromatic heterocycles. The summed E-state index contributed by atoms with van der Waals surface area (Å²) in [6, 6.07) is 4.06. The second-order valence-electron chi connectivity index (χ2n) is 4.83. The third-order valence-corrected chi connectivity index (χ3v) is 3.87. The van der Waals surface area contributed by atoms with Gasteiger partial charge in [-0.1, -0.05) is 19.8 Å². The van der Waals surface area contributed by atoms with E-state index in [9.17, 15) is 0 Å². The van der Waals surface area contributed by atoms with Gasteiger partial charge in [0.05, 0.1) is 6.54 Å². The van der Waals surface area contributed by atoms with Crippen molar-refractivity contribution >= 4 is 22.6 Å². The van der Waals surface area contributed by atoms with Crippen molar-refractivity contribution < 1.29 is 4.42 Å². The van der Waals surface area contributed by atoms with Gasteiger partial charge in [-0.05, 0) is 53.0 Å². The van der Waals surface area contributed by atoms with Crippen LogP contribution in [0.15, 0.2) is 16.5 Å². The first-order chi connectivity index (χ1) is 7.18. The average molecular weight is 319 g/mol. The van der Waals surface area contributed by atoms with Crippen LogP contribution in [0.25, 0.3) is 0 Å². The number of halogens is 1. The zero-order valence-corrected chi connectivity index (χ0v) is 11.3. The second kappa shape index (κ2) is 4.87. The largest absolute Gasteiger partial charge is 0.454 e. The van der Waals surface area contributed by atoms with Gasteiger partial charge < -0.3 is 9.73 Å². The van der Waals surface area contributed by atoms with Gasteiger partial charge in [-0.25, -0.2) is 0 Å². The van der Waals surface area contributed by atoms with Crippen molar-refractivity contribution in [2.75, 3.05) is 6.54 Å². The van der Waals surface area contributed by atoms with E-state index in [0.717, 1.165) is 22.6 Å². The van der Waals surface area contributed by atoms with E-state index in [4.69, 9.17) is 4.42 Å². The maximum Gasteiger partial charge on any atom is 0.164 e. The summed E-state index contributed by atoms with van der Waals surface area (Å²) in [6.07, 6.45) is 5.54. The van der Waals surface area contributed by atoms with Crippen molar-refractivity contribution in [1.82, 2.24) is 5.32 Å². The molecule has 1 N–H and O–H groups in total. The van der Waals surface area contributed by atoms with Crippen LogP contribution in [0.4, 0.5) is 0 Å². The first-order valence-corrected chi connectivity index (χ1v) is 6.71. The Balaban J connectivity index is 1.75. The van der Waals surface area contributed by atoms with E-state index >= 15 is 0 Å². The van der Waals surface area contributed by atoms with Gasteiger partial charge in [0.1, 0.15) is 5.76 Å². The fourth-order valence-corrected chi connectivity index (χ4v) is 2.80. The van der Waals surface area contributed by atoms with Gasteiger partial charge >= 0.3 is 0 Å². The lowest BCUT2D eigenvalue weighted by Gasteiger charge is -2.23. The summed E-state index contributed by atoms with van der Waals surface area (Å²) in [5.41, 5.74) is 0.528. The van der Waals surface area contributed by atoms with E-state index in [1.165, 1.54) is 25.7 Å². The quantitative estimate of drug-likeness (QED) is 0.859. The van der Waals surface area contributed by atoms with Gasteiger partial charge in [-0.15, -0.1) is 0 Å². The third kappa shape index (κ3) is 3.21. The maximum absolute atomic E-state index is 5.51. The molecule has 0 bridgehead atoms. The summed E-state index contributed by atoms with van der Waals surface area (Å²) < 4.78 is 6.47. The summed E-state index contributed by atoms with van der Waals surface area (Å²) in [6.45, 7) is 4.36. The standard InChI is InChI=1S/C12H18INO/c1-12(6-2-3-7-12)9-14-8-10-4-5-11(13)15-10/h4-5,14H,2-3,6-9H2,1H3. The zero-order chi connectivity index (χ0) is 10.7. The van der Waals surface area contributed by atoms with Gasteiger partial charge in [-0.3, -0.25) is 0 Å². The lowest BCUT2D eigenvalue weighted by molar-refractivity contribution is 0.308. The smallest absolute Gasteiger partial charge is 0.164 e. The number of hydrogen-bond acceptors (Lipinski definition) is 2. The molecule has 1 saturated carbocycles. The minimum absolute atomic E-state index is 0.528. The predicted octanol–water partition coefficient (Wildman–Crippen LogP) is 3.55. The predicted molar refractivity (Wildman–Crippen MR) is 69.7 cm³/mol. The zero-order valence-electron chi connectivity index (χ0n) is 9.18. The van der Waals surface area contributed by atoms with Crippen LogP contribution in [0.5, 0.6) is 0 Å². The van der Waals surface area contributed by atoms with Gasteiger partial charge in [0.15, 0.2) is 3.77 Å². The highest BCUT2D eigenvalue weighted by atomic mass is 127. The van der Waals surface area contributed by atoms with Crippen molar-refractivity contribution in [3.8, 4) is 0 Å². The Labute approximate surface area is 105 Å². The molecule has 1 aliphatic carbocycles. The topological polar surface area (TPSA) is 25.2 Å². The Morgan fingerprint density at radius 1 is 1.40 bits per heavy atom. The molecular formula is C12H18INO. The Bertz CT molecular complexity index is 315. The van der Waals surface area contributed by atoms with Gasteiger partial charge in [0, 0.05) is 6.54 Å². The summed E-state index contributed by atoms with van der Waals surface area (Å²) >= 11 is 2.20. The molecule has 0 radical (unpaired) electrons. The Morgan fingerprint density at radius 2 is 2.13 bits per heavy atom. The molecule has 0 aromatic carbocycles. The van der Waals surface area contributed by atoms with Crippen LogP contribution in [-0.2, 0) is 6.54 Å². The average Bonchev–Trinajstić information content (AvgIpc) is 2.76. The Morgan fingerprint density at radius 3 is 2.73 bits per heavy atom. The Kier molecular flexibility index (Phi) is 3.72. The molecule has 0 unspecified atom stereocenters. The van der Waals surface area contributed by atoms with E-state index in [-0.39, 0.29) is 0 Å². The van der Waals surface area contributed by atoms with Gasteiger partial charge in [0.2, 0.25) is 0 Å². The minimum Gasteiger partial charge on any atom is -0.454 e.